The van der Waals surface area contributed by atoms with Crippen LogP contribution in [0.1, 0.15) is 30.6 Å². The molecule has 1 amide bonds. The molecule has 5 nitrogen and oxygen atoms in total. The lowest BCUT2D eigenvalue weighted by Gasteiger charge is -2.30. The summed E-state index contributed by atoms with van der Waals surface area (Å²) in [5.41, 5.74) is 0. The van der Waals surface area contributed by atoms with E-state index in [9.17, 15) is 13.2 Å². The zero-order valence-corrected chi connectivity index (χ0v) is 13.7. The highest BCUT2D eigenvalue weighted by Crippen LogP contribution is 2.29. The number of hydrogen-bond donors (Lipinski definition) is 1. The summed E-state index contributed by atoms with van der Waals surface area (Å²) < 4.78 is 27.1. The number of nitrogens with one attached hydrogen (secondary N) is 1. The Hall–Kier alpha value is -0.920. The number of amides is 1. The van der Waals surface area contributed by atoms with Gasteiger partial charge in [0.15, 0.2) is 0 Å². The second kappa shape index (κ2) is 5.70. The molecular formula is C14H20N2O3S2. The van der Waals surface area contributed by atoms with Crippen molar-refractivity contribution in [3.63, 3.8) is 0 Å². The number of thiophene rings is 1. The van der Waals surface area contributed by atoms with Crippen LogP contribution in [0, 0.1) is 12.8 Å². The zero-order valence-electron chi connectivity index (χ0n) is 12.0. The first-order valence-electron chi connectivity index (χ1n) is 7.34. The van der Waals surface area contributed by atoms with Crippen LogP contribution in [-0.4, -0.2) is 37.8 Å². The highest BCUT2D eigenvalue weighted by molar-refractivity contribution is 7.91. The van der Waals surface area contributed by atoms with Crippen molar-refractivity contribution < 1.29 is 13.2 Å². The van der Waals surface area contributed by atoms with Crippen molar-refractivity contribution in [1.82, 2.24) is 9.62 Å². The van der Waals surface area contributed by atoms with Crippen LogP contribution in [0.5, 0.6) is 0 Å². The fourth-order valence-corrected chi connectivity index (χ4v) is 5.56. The van der Waals surface area contributed by atoms with E-state index in [-0.39, 0.29) is 11.8 Å². The van der Waals surface area contributed by atoms with Crippen molar-refractivity contribution in [2.75, 3.05) is 13.1 Å². The number of carbonyl (C=O) groups excluding carboxylic acids is 1. The molecule has 3 rings (SSSR count). The van der Waals surface area contributed by atoms with Crippen LogP contribution in [0.25, 0.3) is 0 Å². The van der Waals surface area contributed by atoms with E-state index < -0.39 is 10.0 Å². The number of aryl methyl sites for hydroxylation is 1. The largest absolute Gasteiger partial charge is 0.353 e. The second-order valence-electron chi connectivity index (χ2n) is 5.85. The maximum Gasteiger partial charge on any atom is 0.252 e. The summed E-state index contributed by atoms with van der Waals surface area (Å²) in [6.45, 7) is 2.70. The molecule has 1 saturated carbocycles. The van der Waals surface area contributed by atoms with Crippen molar-refractivity contribution in [3.8, 4) is 0 Å². The maximum absolute atomic E-state index is 12.6. The van der Waals surface area contributed by atoms with E-state index in [4.69, 9.17) is 0 Å². The van der Waals surface area contributed by atoms with E-state index >= 15 is 0 Å². The molecule has 7 heteroatoms. The maximum atomic E-state index is 12.6. The van der Waals surface area contributed by atoms with Crippen LogP contribution in [0.3, 0.4) is 0 Å². The Labute approximate surface area is 129 Å². The molecule has 2 heterocycles. The average molecular weight is 328 g/mol. The fourth-order valence-electron chi connectivity index (χ4n) is 2.60. The number of carbonyl (C=O) groups is 1. The predicted molar refractivity (Wildman–Crippen MR) is 81.7 cm³/mol. The van der Waals surface area contributed by atoms with Gasteiger partial charge < -0.3 is 5.32 Å². The van der Waals surface area contributed by atoms with Gasteiger partial charge in [0, 0.05) is 24.0 Å². The van der Waals surface area contributed by atoms with Crippen LogP contribution in [0.15, 0.2) is 16.3 Å². The molecule has 0 spiro atoms. The number of nitrogens with zero attached hydrogens (tertiary/aromatic N) is 1. The molecule has 21 heavy (non-hydrogen) atoms. The van der Waals surface area contributed by atoms with Crippen molar-refractivity contribution in [2.24, 2.45) is 5.92 Å². The Bertz CT molecular complexity index is 634. The Kier molecular flexibility index (Phi) is 4.07. The SMILES string of the molecule is Cc1ccc(S(=O)(=O)N2CCCC(C(=O)NC3CC3)C2)s1. The summed E-state index contributed by atoms with van der Waals surface area (Å²) in [5, 5.41) is 2.98. The number of piperidine rings is 1. The Morgan fingerprint density at radius 1 is 1.33 bits per heavy atom. The summed E-state index contributed by atoms with van der Waals surface area (Å²) in [5.74, 6) is -0.199. The molecular weight excluding hydrogens is 308 g/mol. The zero-order chi connectivity index (χ0) is 15.0. The first-order chi connectivity index (χ1) is 9.96. The highest BCUT2D eigenvalue weighted by Gasteiger charge is 2.35. The van der Waals surface area contributed by atoms with Crippen molar-refractivity contribution >= 4 is 27.3 Å². The lowest BCUT2D eigenvalue weighted by Crippen LogP contribution is -2.45. The summed E-state index contributed by atoms with van der Waals surface area (Å²) in [7, 11) is -3.45. The van der Waals surface area contributed by atoms with Crippen molar-refractivity contribution in [3.05, 3.63) is 17.0 Å². The van der Waals surface area contributed by atoms with Crippen LogP contribution >= 0.6 is 11.3 Å². The monoisotopic (exact) mass is 328 g/mol. The topological polar surface area (TPSA) is 66.5 Å². The van der Waals surface area contributed by atoms with Gasteiger partial charge in [-0.05, 0) is 44.7 Å². The average Bonchev–Trinajstić information content (AvgIpc) is 3.16. The molecule has 1 saturated heterocycles. The van der Waals surface area contributed by atoms with Crippen molar-refractivity contribution in [2.45, 2.75) is 42.9 Å². The third-order valence-electron chi connectivity index (χ3n) is 3.99. The first kappa shape index (κ1) is 15.0. The minimum Gasteiger partial charge on any atom is -0.353 e. The van der Waals surface area contributed by atoms with Gasteiger partial charge >= 0.3 is 0 Å². The van der Waals surface area contributed by atoms with Gasteiger partial charge in [-0.1, -0.05) is 0 Å². The van der Waals surface area contributed by atoms with Gasteiger partial charge in [0.1, 0.15) is 4.21 Å². The molecule has 2 aliphatic rings. The van der Waals surface area contributed by atoms with Gasteiger partial charge in [-0.15, -0.1) is 11.3 Å². The van der Waals surface area contributed by atoms with Gasteiger partial charge in [0.05, 0.1) is 5.92 Å². The summed E-state index contributed by atoms with van der Waals surface area (Å²) in [4.78, 5) is 13.1. The standard InChI is InChI=1S/C14H20N2O3S2/c1-10-4-7-13(20-10)21(18,19)16-8-2-3-11(9-16)14(17)15-12-5-6-12/h4,7,11-12H,2-3,5-6,8-9H2,1H3,(H,15,17). The summed E-state index contributed by atoms with van der Waals surface area (Å²) >= 11 is 1.29. The molecule has 1 aromatic rings. The Balaban J connectivity index is 1.71. The highest BCUT2D eigenvalue weighted by atomic mass is 32.2. The van der Waals surface area contributed by atoms with Crippen LogP contribution in [0.2, 0.25) is 0 Å². The minimum atomic E-state index is -3.45. The van der Waals surface area contributed by atoms with Gasteiger partial charge in [-0.3, -0.25) is 4.79 Å². The van der Waals surface area contributed by atoms with Crippen molar-refractivity contribution in [1.29, 1.82) is 0 Å². The fraction of sp³-hybridized carbons (Fsp3) is 0.643. The molecule has 0 bridgehead atoms. The van der Waals surface area contributed by atoms with Crippen LogP contribution in [0.4, 0.5) is 0 Å². The summed E-state index contributed by atoms with van der Waals surface area (Å²) in [6, 6.07) is 3.80. The molecule has 116 valence electrons. The third-order valence-corrected chi connectivity index (χ3v) is 7.32. The van der Waals surface area contributed by atoms with E-state index in [2.05, 4.69) is 5.32 Å². The second-order valence-corrected chi connectivity index (χ2v) is 9.30. The minimum absolute atomic E-state index is 0.0137. The van der Waals surface area contributed by atoms with Gasteiger partial charge in [0.2, 0.25) is 5.91 Å². The molecule has 1 N–H and O–H groups in total. The molecule has 1 aliphatic carbocycles. The van der Waals surface area contributed by atoms with Gasteiger partial charge in [0.25, 0.3) is 10.0 Å². The molecule has 1 aliphatic heterocycles. The van der Waals surface area contributed by atoms with Gasteiger partial charge in [-0.25, -0.2) is 8.42 Å². The van der Waals surface area contributed by atoms with E-state index in [1.165, 1.54) is 15.6 Å². The number of sulfonamides is 1. The van der Waals surface area contributed by atoms with E-state index in [1.807, 2.05) is 13.0 Å². The smallest absolute Gasteiger partial charge is 0.252 e. The van der Waals surface area contributed by atoms with Crippen LogP contribution in [-0.2, 0) is 14.8 Å². The molecule has 1 unspecified atom stereocenters. The van der Waals surface area contributed by atoms with Crippen LogP contribution < -0.4 is 5.32 Å². The van der Waals surface area contributed by atoms with E-state index in [0.717, 1.165) is 30.6 Å². The lowest BCUT2D eigenvalue weighted by atomic mass is 9.99. The van der Waals surface area contributed by atoms with E-state index in [1.54, 1.807) is 6.07 Å². The van der Waals surface area contributed by atoms with E-state index in [0.29, 0.717) is 23.3 Å². The third kappa shape index (κ3) is 3.30. The molecule has 0 radical (unpaired) electrons. The molecule has 1 atom stereocenters. The number of hydrogen-bond acceptors (Lipinski definition) is 4. The predicted octanol–water partition coefficient (Wildman–Crippen LogP) is 1.74. The quantitative estimate of drug-likeness (QED) is 0.915. The normalized spacial score (nSPS) is 24.0. The summed E-state index contributed by atoms with van der Waals surface area (Å²) in [6.07, 6.45) is 3.62. The Morgan fingerprint density at radius 2 is 2.10 bits per heavy atom. The molecule has 0 aromatic carbocycles. The number of rotatable bonds is 4. The molecule has 2 fully saturated rings. The Morgan fingerprint density at radius 3 is 2.71 bits per heavy atom. The first-order valence-corrected chi connectivity index (χ1v) is 9.59. The van der Waals surface area contributed by atoms with Gasteiger partial charge in [-0.2, -0.15) is 4.31 Å². The molecule has 1 aromatic heterocycles. The lowest BCUT2D eigenvalue weighted by molar-refractivity contribution is -0.126.